The molecule has 1 saturated carbocycles. The Morgan fingerprint density at radius 3 is 1.75 bits per heavy atom. The van der Waals surface area contributed by atoms with E-state index in [1.807, 2.05) is 0 Å². The number of hydrogen-bond donors (Lipinski definition) is 0. The maximum Gasteiger partial charge on any atom is 0.267 e. The van der Waals surface area contributed by atoms with Crippen LogP contribution in [0.15, 0.2) is 60.7 Å². The van der Waals surface area contributed by atoms with Crippen molar-refractivity contribution in [2.24, 2.45) is 11.3 Å². The van der Waals surface area contributed by atoms with Crippen LogP contribution in [0.1, 0.15) is 33.6 Å². The molecule has 1 aliphatic rings. The van der Waals surface area contributed by atoms with Gasteiger partial charge in [0.05, 0.1) is 0 Å². The maximum atomic E-state index is 6.56. The monoisotopic (exact) mass is 339 g/mol. The van der Waals surface area contributed by atoms with E-state index < -0.39 is 9.04 Å². The van der Waals surface area contributed by atoms with Gasteiger partial charge in [-0.3, -0.25) is 0 Å². The Hall–Kier alpha value is -1.42. The molecule has 0 N–H and O–H groups in total. The summed E-state index contributed by atoms with van der Waals surface area (Å²) in [6, 6.07) is 22.0. The minimum absolute atomic E-state index is 0.410. The van der Waals surface area contributed by atoms with Crippen molar-refractivity contribution in [2.45, 2.75) is 39.7 Å². The second-order valence-corrected chi connectivity index (χ2v) is 10.3. The zero-order chi connectivity index (χ0) is 17.2. The van der Waals surface area contributed by atoms with Gasteiger partial charge in [0.15, 0.2) is 0 Å². The standard InChI is InChI=1S/C21H29NOSi/c1-21(2,3)17-15-18(16-17)22(4)23-24(19-11-7-5-8-12-19)20-13-9-6-10-14-20/h5-14,17-18,24H,15-16H2,1-4H3/t17-,18+. The summed E-state index contributed by atoms with van der Waals surface area (Å²) >= 11 is 0. The van der Waals surface area contributed by atoms with Crippen LogP contribution in [-0.4, -0.2) is 27.2 Å². The zero-order valence-electron chi connectivity index (χ0n) is 15.3. The molecule has 128 valence electrons. The van der Waals surface area contributed by atoms with Gasteiger partial charge in [-0.05, 0) is 34.5 Å². The first-order valence-electron chi connectivity index (χ1n) is 8.94. The lowest BCUT2D eigenvalue weighted by Gasteiger charge is -2.47. The first-order valence-corrected chi connectivity index (χ1v) is 10.6. The molecule has 0 aliphatic heterocycles. The molecule has 0 saturated heterocycles. The highest BCUT2D eigenvalue weighted by atomic mass is 28.3. The minimum atomic E-state index is -1.68. The van der Waals surface area contributed by atoms with Crippen LogP contribution in [0, 0.1) is 11.3 Å². The Labute approximate surface area is 148 Å². The first-order chi connectivity index (χ1) is 11.4. The number of benzene rings is 2. The van der Waals surface area contributed by atoms with Crippen molar-refractivity contribution >= 4 is 19.4 Å². The number of rotatable bonds is 5. The van der Waals surface area contributed by atoms with E-state index in [1.54, 1.807) is 0 Å². The Morgan fingerprint density at radius 1 is 0.875 bits per heavy atom. The molecule has 0 aromatic heterocycles. The SMILES string of the molecule is CN(O[SiH](c1ccccc1)c1ccccc1)[C@H]1C[C@@H](C(C)(C)C)C1. The van der Waals surface area contributed by atoms with E-state index in [-0.39, 0.29) is 0 Å². The molecule has 0 atom stereocenters. The molecule has 0 unspecified atom stereocenters. The van der Waals surface area contributed by atoms with Crippen LogP contribution >= 0.6 is 0 Å². The van der Waals surface area contributed by atoms with Crippen LogP contribution in [0.2, 0.25) is 0 Å². The Bertz CT molecular complexity index is 592. The molecule has 1 fully saturated rings. The van der Waals surface area contributed by atoms with E-state index in [0.29, 0.717) is 11.5 Å². The Balaban J connectivity index is 1.71. The Morgan fingerprint density at radius 2 is 1.33 bits per heavy atom. The van der Waals surface area contributed by atoms with Crippen LogP contribution in [0.4, 0.5) is 0 Å². The van der Waals surface area contributed by atoms with Crippen molar-refractivity contribution < 1.29 is 4.53 Å². The average Bonchev–Trinajstić information content (AvgIpc) is 2.51. The van der Waals surface area contributed by atoms with Gasteiger partial charge in [-0.1, -0.05) is 81.4 Å². The van der Waals surface area contributed by atoms with E-state index in [4.69, 9.17) is 4.53 Å². The molecule has 0 bridgehead atoms. The summed E-state index contributed by atoms with van der Waals surface area (Å²) in [7, 11) is 0.440. The van der Waals surface area contributed by atoms with Gasteiger partial charge in [-0.25, -0.2) is 5.06 Å². The molecule has 0 heterocycles. The first kappa shape index (κ1) is 17.4. The highest BCUT2D eigenvalue weighted by Gasteiger charge is 2.40. The molecule has 3 rings (SSSR count). The summed E-state index contributed by atoms with van der Waals surface area (Å²) in [5.41, 5.74) is 0.410. The number of hydrogen-bond acceptors (Lipinski definition) is 2. The topological polar surface area (TPSA) is 12.5 Å². The summed E-state index contributed by atoms with van der Waals surface area (Å²) in [6.07, 6.45) is 2.48. The third kappa shape index (κ3) is 3.97. The van der Waals surface area contributed by atoms with Crippen molar-refractivity contribution in [2.75, 3.05) is 7.05 Å². The highest BCUT2D eigenvalue weighted by Crippen LogP contribution is 2.43. The van der Waals surface area contributed by atoms with Crippen molar-refractivity contribution in [3.05, 3.63) is 60.7 Å². The lowest BCUT2D eigenvalue weighted by Crippen LogP contribution is -2.54. The van der Waals surface area contributed by atoms with Gasteiger partial charge >= 0.3 is 0 Å². The molecule has 24 heavy (non-hydrogen) atoms. The van der Waals surface area contributed by atoms with E-state index in [2.05, 4.69) is 93.5 Å². The molecule has 0 amide bonds. The zero-order valence-corrected chi connectivity index (χ0v) is 16.4. The van der Waals surface area contributed by atoms with Crippen molar-refractivity contribution in [3.8, 4) is 0 Å². The molecule has 0 radical (unpaired) electrons. The molecule has 1 aliphatic carbocycles. The second kappa shape index (κ2) is 7.22. The smallest absolute Gasteiger partial charge is 0.267 e. The summed E-state index contributed by atoms with van der Waals surface area (Å²) in [6.45, 7) is 7.04. The van der Waals surface area contributed by atoms with E-state index >= 15 is 0 Å². The van der Waals surface area contributed by atoms with Crippen LogP contribution < -0.4 is 10.4 Å². The van der Waals surface area contributed by atoms with Gasteiger partial charge in [0.1, 0.15) is 0 Å². The fraction of sp³-hybridized carbons (Fsp3) is 0.429. The van der Waals surface area contributed by atoms with Crippen molar-refractivity contribution in [1.82, 2.24) is 5.06 Å². The maximum absolute atomic E-state index is 6.56. The lowest BCUT2D eigenvalue weighted by atomic mass is 9.66. The van der Waals surface area contributed by atoms with Gasteiger partial charge in [0.2, 0.25) is 0 Å². The van der Waals surface area contributed by atoms with Crippen molar-refractivity contribution in [1.29, 1.82) is 0 Å². The average molecular weight is 340 g/mol. The van der Waals surface area contributed by atoms with Crippen LogP contribution in [0.5, 0.6) is 0 Å². The predicted octanol–water partition coefficient (Wildman–Crippen LogP) is 3.21. The normalized spacial score (nSPS) is 21.1. The molecular formula is C21H29NOSi. The number of hydroxylamine groups is 2. The predicted molar refractivity (Wildman–Crippen MR) is 104 cm³/mol. The summed E-state index contributed by atoms with van der Waals surface area (Å²) in [5, 5.41) is 4.82. The van der Waals surface area contributed by atoms with Gasteiger partial charge in [-0.2, -0.15) is 0 Å². The Kier molecular flexibility index (Phi) is 5.23. The van der Waals surface area contributed by atoms with Crippen LogP contribution in [-0.2, 0) is 4.53 Å². The molecule has 0 spiro atoms. The fourth-order valence-electron chi connectivity index (χ4n) is 3.41. The van der Waals surface area contributed by atoms with E-state index in [0.717, 1.165) is 5.92 Å². The number of nitrogens with zero attached hydrogens (tertiary/aromatic N) is 1. The van der Waals surface area contributed by atoms with Crippen LogP contribution in [0.3, 0.4) is 0 Å². The minimum Gasteiger partial charge on any atom is -0.335 e. The second-order valence-electron chi connectivity index (χ2n) is 8.04. The van der Waals surface area contributed by atoms with Crippen LogP contribution in [0.25, 0.3) is 0 Å². The highest BCUT2D eigenvalue weighted by molar-refractivity contribution is 6.79. The summed E-state index contributed by atoms with van der Waals surface area (Å²) in [4.78, 5) is 0. The molecule has 2 nitrogen and oxygen atoms in total. The van der Waals surface area contributed by atoms with Gasteiger partial charge < -0.3 is 4.53 Å². The van der Waals surface area contributed by atoms with E-state index in [1.165, 1.54) is 23.2 Å². The largest absolute Gasteiger partial charge is 0.335 e. The molecule has 3 heteroatoms. The van der Waals surface area contributed by atoms with Crippen molar-refractivity contribution in [3.63, 3.8) is 0 Å². The molecule has 2 aromatic carbocycles. The third-order valence-corrected chi connectivity index (χ3v) is 7.85. The quantitative estimate of drug-likeness (QED) is 0.613. The van der Waals surface area contributed by atoms with Gasteiger partial charge in [-0.15, -0.1) is 0 Å². The molecular weight excluding hydrogens is 310 g/mol. The van der Waals surface area contributed by atoms with Gasteiger partial charge in [0, 0.05) is 13.1 Å². The van der Waals surface area contributed by atoms with E-state index in [9.17, 15) is 0 Å². The van der Waals surface area contributed by atoms with Gasteiger partial charge in [0.25, 0.3) is 9.04 Å². The fourth-order valence-corrected chi connectivity index (χ4v) is 5.69. The summed E-state index contributed by atoms with van der Waals surface area (Å²) in [5.74, 6) is 0.808. The molecule has 2 aromatic rings. The lowest BCUT2D eigenvalue weighted by molar-refractivity contribution is -0.124. The summed E-state index contributed by atoms with van der Waals surface area (Å²) < 4.78 is 6.56. The third-order valence-electron chi connectivity index (χ3n) is 5.33.